The van der Waals surface area contributed by atoms with Crippen molar-refractivity contribution in [1.82, 2.24) is 9.78 Å². The molecule has 0 saturated carbocycles. The van der Waals surface area contributed by atoms with Gasteiger partial charge in [-0.05, 0) is 43.5 Å². The van der Waals surface area contributed by atoms with Crippen LogP contribution in [0, 0.1) is 0 Å². The van der Waals surface area contributed by atoms with Crippen LogP contribution in [0.1, 0.15) is 37.6 Å². The molecule has 108 valence electrons. The van der Waals surface area contributed by atoms with E-state index in [1.807, 2.05) is 35.1 Å². The molecule has 2 N–H and O–H groups in total. The fourth-order valence-electron chi connectivity index (χ4n) is 2.18. The lowest BCUT2D eigenvalue weighted by Gasteiger charge is -2.11. The second-order valence-corrected chi connectivity index (χ2v) is 5.78. The van der Waals surface area contributed by atoms with Gasteiger partial charge in [0.1, 0.15) is 0 Å². The lowest BCUT2D eigenvalue weighted by Crippen LogP contribution is -2.25. The number of benzene rings is 1. The maximum atomic E-state index is 6.21. The molecule has 1 aromatic carbocycles. The largest absolute Gasteiger partial charge is 0.327 e. The van der Waals surface area contributed by atoms with Gasteiger partial charge < -0.3 is 5.73 Å². The first-order valence-corrected chi connectivity index (χ1v) is 7.50. The zero-order valence-corrected chi connectivity index (χ0v) is 12.8. The van der Waals surface area contributed by atoms with Crippen molar-refractivity contribution in [3.63, 3.8) is 0 Å². The van der Waals surface area contributed by atoms with Gasteiger partial charge in [0.25, 0.3) is 0 Å². The molecule has 3 nitrogen and oxygen atoms in total. The topological polar surface area (TPSA) is 43.8 Å². The minimum atomic E-state index is 0.0801. The molecular formula is C16H22ClN3. The van der Waals surface area contributed by atoms with Crippen LogP contribution in [-0.4, -0.2) is 15.8 Å². The Labute approximate surface area is 125 Å². The maximum absolute atomic E-state index is 6.21. The van der Waals surface area contributed by atoms with E-state index in [2.05, 4.69) is 25.0 Å². The lowest BCUT2D eigenvalue weighted by atomic mass is 10.0. The number of nitrogens with two attached hydrogens (primary N) is 1. The van der Waals surface area contributed by atoms with Crippen LogP contribution in [0.2, 0.25) is 5.02 Å². The Morgan fingerprint density at radius 1 is 1.20 bits per heavy atom. The Kier molecular flexibility index (Phi) is 5.21. The Morgan fingerprint density at radius 2 is 1.90 bits per heavy atom. The summed E-state index contributed by atoms with van der Waals surface area (Å²) < 4.78 is 2.02. The van der Waals surface area contributed by atoms with Crippen molar-refractivity contribution < 1.29 is 0 Å². The summed E-state index contributed by atoms with van der Waals surface area (Å²) in [5.41, 5.74) is 8.48. The van der Waals surface area contributed by atoms with Gasteiger partial charge >= 0.3 is 0 Å². The van der Waals surface area contributed by atoms with E-state index in [4.69, 9.17) is 17.3 Å². The lowest BCUT2D eigenvalue weighted by molar-refractivity contribution is 0.471. The molecule has 0 amide bonds. The molecule has 0 aliphatic heterocycles. The molecule has 2 unspecified atom stereocenters. The molecule has 0 saturated heterocycles. The van der Waals surface area contributed by atoms with Gasteiger partial charge in [-0.1, -0.05) is 30.7 Å². The van der Waals surface area contributed by atoms with E-state index in [-0.39, 0.29) is 6.04 Å². The summed E-state index contributed by atoms with van der Waals surface area (Å²) in [6.07, 6.45) is 4.76. The van der Waals surface area contributed by atoms with E-state index in [0.29, 0.717) is 6.04 Å². The number of aromatic nitrogens is 2. The molecule has 0 bridgehead atoms. The van der Waals surface area contributed by atoms with E-state index in [0.717, 1.165) is 30.0 Å². The Balaban J connectivity index is 1.92. The van der Waals surface area contributed by atoms with Crippen LogP contribution >= 0.6 is 11.6 Å². The van der Waals surface area contributed by atoms with Crippen LogP contribution in [0.15, 0.2) is 36.5 Å². The highest BCUT2D eigenvalue weighted by atomic mass is 35.5. The Morgan fingerprint density at radius 3 is 2.55 bits per heavy atom. The quantitative estimate of drug-likeness (QED) is 0.883. The SMILES string of the molecule is CCC(C)n1ccc(CC(N)Cc2ccc(Cl)cc2)n1. The van der Waals surface area contributed by atoms with Crippen LogP contribution in [-0.2, 0) is 12.8 Å². The average Bonchev–Trinajstić information content (AvgIpc) is 2.89. The summed E-state index contributed by atoms with van der Waals surface area (Å²) in [4.78, 5) is 0. The number of rotatable bonds is 6. The predicted molar refractivity (Wildman–Crippen MR) is 84.1 cm³/mol. The maximum Gasteiger partial charge on any atom is 0.0640 e. The van der Waals surface area contributed by atoms with Gasteiger partial charge in [0.05, 0.1) is 5.69 Å². The predicted octanol–water partition coefficient (Wildman–Crippen LogP) is 3.62. The molecule has 0 fully saturated rings. The van der Waals surface area contributed by atoms with E-state index in [9.17, 15) is 0 Å². The van der Waals surface area contributed by atoms with Crippen molar-refractivity contribution >= 4 is 11.6 Å². The van der Waals surface area contributed by atoms with Crippen molar-refractivity contribution in [3.8, 4) is 0 Å². The Bertz CT molecular complexity index is 533. The van der Waals surface area contributed by atoms with Crippen molar-refractivity contribution in [1.29, 1.82) is 0 Å². The molecule has 20 heavy (non-hydrogen) atoms. The van der Waals surface area contributed by atoms with Crippen LogP contribution in [0.25, 0.3) is 0 Å². The molecule has 2 rings (SSSR count). The summed E-state index contributed by atoms with van der Waals surface area (Å²) in [6.45, 7) is 4.34. The van der Waals surface area contributed by atoms with E-state index >= 15 is 0 Å². The second-order valence-electron chi connectivity index (χ2n) is 5.34. The monoisotopic (exact) mass is 291 g/mol. The number of hydrogen-bond donors (Lipinski definition) is 1. The van der Waals surface area contributed by atoms with Crippen LogP contribution in [0.3, 0.4) is 0 Å². The molecule has 2 aromatic rings. The van der Waals surface area contributed by atoms with E-state index in [1.165, 1.54) is 5.56 Å². The first-order chi connectivity index (χ1) is 9.58. The molecular weight excluding hydrogens is 270 g/mol. The van der Waals surface area contributed by atoms with Crippen molar-refractivity contribution in [2.75, 3.05) is 0 Å². The summed E-state index contributed by atoms with van der Waals surface area (Å²) in [6, 6.07) is 10.4. The number of hydrogen-bond acceptors (Lipinski definition) is 2. The van der Waals surface area contributed by atoms with Gasteiger partial charge in [0.15, 0.2) is 0 Å². The standard InChI is InChI=1S/C16H22ClN3/c1-3-12(2)20-9-8-16(19-20)11-15(18)10-13-4-6-14(17)7-5-13/h4-9,12,15H,3,10-11,18H2,1-2H3. The zero-order chi connectivity index (χ0) is 14.5. The molecule has 0 aliphatic rings. The van der Waals surface area contributed by atoms with Crippen LogP contribution < -0.4 is 5.73 Å². The fraction of sp³-hybridized carbons (Fsp3) is 0.438. The highest BCUT2D eigenvalue weighted by Crippen LogP contribution is 2.13. The summed E-state index contributed by atoms with van der Waals surface area (Å²) in [5.74, 6) is 0. The fourth-order valence-corrected chi connectivity index (χ4v) is 2.31. The second kappa shape index (κ2) is 6.91. The third-order valence-corrected chi connectivity index (χ3v) is 3.84. The third-order valence-electron chi connectivity index (χ3n) is 3.59. The first-order valence-electron chi connectivity index (χ1n) is 7.12. The third kappa shape index (κ3) is 4.09. The minimum Gasteiger partial charge on any atom is -0.327 e. The number of halogens is 1. The van der Waals surface area contributed by atoms with Crippen molar-refractivity contribution in [2.45, 2.75) is 45.2 Å². The van der Waals surface area contributed by atoms with Crippen molar-refractivity contribution in [2.24, 2.45) is 5.73 Å². The molecule has 0 radical (unpaired) electrons. The summed E-state index contributed by atoms with van der Waals surface area (Å²) in [7, 11) is 0. The average molecular weight is 292 g/mol. The Hall–Kier alpha value is -1.32. The van der Waals surface area contributed by atoms with Gasteiger partial charge in [-0.25, -0.2) is 0 Å². The highest BCUT2D eigenvalue weighted by Gasteiger charge is 2.09. The van der Waals surface area contributed by atoms with Gasteiger partial charge in [0, 0.05) is 29.7 Å². The summed E-state index contributed by atoms with van der Waals surface area (Å²) >= 11 is 5.88. The molecule has 4 heteroatoms. The van der Waals surface area contributed by atoms with Gasteiger partial charge in [0.2, 0.25) is 0 Å². The molecule has 0 aliphatic carbocycles. The van der Waals surface area contributed by atoms with Crippen molar-refractivity contribution in [3.05, 3.63) is 52.8 Å². The van der Waals surface area contributed by atoms with Gasteiger partial charge in [-0.2, -0.15) is 5.10 Å². The first kappa shape index (κ1) is 15.1. The van der Waals surface area contributed by atoms with E-state index in [1.54, 1.807) is 0 Å². The molecule has 1 aromatic heterocycles. The molecule has 0 spiro atoms. The van der Waals surface area contributed by atoms with Gasteiger partial charge in [-0.3, -0.25) is 4.68 Å². The smallest absolute Gasteiger partial charge is 0.0640 e. The minimum absolute atomic E-state index is 0.0801. The van der Waals surface area contributed by atoms with Crippen LogP contribution in [0.5, 0.6) is 0 Å². The molecule has 2 atom stereocenters. The highest BCUT2D eigenvalue weighted by molar-refractivity contribution is 6.30. The molecule has 1 heterocycles. The zero-order valence-electron chi connectivity index (χ0n) is 12.1. The summed E-state index contributed by atoms with van der Waals surface area (Å²) in [5, 5.41) is 5.35. The van der Waals surface area contributed by atoms with Gasteiger partial charge in [-0.15, -0.1) is 0 Å². The number of nitrogens with zero attached hydrogens (tertiary/aromatic N) is 2. The van der Waals surface area contributed by atoms with Crippen LogP contribution in [0.4, 0.5) is 0 Å². The van der Waals surface area contributed by atoms with E-state index < -0.39 is 0 Å². The normalized spacial score (nSPS) is 14.2.